The van der Waals surface area contributed by atoms with E-state index in [1.807, 2.05) is 0 Å². The molecule has 0 aliphatic carbocycles. The van der Waals surface area contributed by atoms with Crippen LogP contribution in [0, 0.1) is 11.3 Å². The van der Waals surface area contributed by atoms with Crippen molar-refractivity contribution in [1.29, 1.82) is 5.26 Å². The Labute approximate surface area is 130 Å². The van der Waals surface area contributed by atoms with Crippen molar-refractivity contribution in [2.45, 2.75) is 0 Å². The van der Waals surface area contributed by atoms with Gasteiger partial charge in [0.25, 0.3) is 0 Å². The molecule has 0 atom stereocenters. The van der Waals surface area contributed by atoms with Crippen molar-refractivity contribution in [1.82, 2.24) is 0 Å². The molecule has 102 valence electrons. The number of ether oxygens (including phenoxy) is 2. The fourth-order valence-corrected chi connectivity index (χ4v) is 2.33. The van der Waals surface area contributed by atoms with Crippen LogP contribution in [-0.2, 0) is 0 Å². The summed E-state index contributed by atoms with van der Waals surface area (Å²) in [5.41, 5.74) is 0.610. The van der Waals surface area contributed by atoms with Crippen LogP contribution in [-0.4, -0.2) is 13.2 Å². The van der Waals surface area contributed by atoms with E-state index >= 15 is 0 Å². The average Bonchev–Trinajstić information content (AvgIpc) is 2.46. The molecule has 2 rings (SSSR count). The average molecular weight is 353 g/mol. The molecular formula is C15H11BrClNO2. The van der Waals surface area contributed by atoms with E-state index in [2.05, 4.69) is 22.0 Å². The van der Waals surface area contributed by atoms with Crippen LogP contribution in [0.4, 0.5) is 0 Å². The first kappa shape index (κ1) is 14.7. The second kappa shape index (κ2) is 7.18. The number of hydrogen-bond donors (Lipinski definition) is 0. The van der Waals surface area contributed by atoms with Crippen LogP contribution >= 0.6 is 27.5 Å². The van der Waals surface area contributed by atoms with Crippen LogP contribution in [0.25, 0.3) is 0 Å². The molecule has 20 heavy (non-hydrogen) atoms. The van der Waals surface area contributed by atoms with Gasteiger partial charge in [0.1, 0.15) is 24.7 Å². The fraction of sp³-hybridized carbons (Fsp3) is 0.133. The van der Waals surface area contributed by atoms with Gasteiger partial charge in [0.2, 0.25) is 0 Å². The molecule has 2 aromatic carbocycles. The zero-order chi connectivity index (χ0) is 14.4. The Hall–Kier alpha value is -1.70. The van der Waals surface area contributed by atoms with Gasteiger partial charge in [0.15, 0.2) is 0 Å². The molecule has 0 saturated carbocycles. The highest BCUT2D eigenvalue weighted by Crippen LogP contribution is 2.27. The van der Waals surface area contributed by atoms with E-state index in [0.29, 0.717) is 29.5 Å². The highest BCUT2D eigenvalue weighted by molar-refractivity contribution is 9.10. The highest BCUT2D eigenvalue weighted by Gasteiger charge is 2.02. The minimum Gasteiger partial charge on any atom is -0.490 e. The maximum absolute atomic E-state index is 8.69. The zero-order valence-electron chi connectivity index (χ0n) is 10.5. The van der Waals surface area contributed by atoms with Crippen LogP contribution in [0.3, 0.4) is 0 Å². The first-order valence-electron chi connectivity index (χ1n) is 5.90. The smallest absolute Gasteiger partial charge is 0.133 e. The molecule has 0 N–H and O–H groups in total. The molecule has 0 fully saturated rings. The Morgan fingerprint density at radius 2 is 1.75 bits per heavy atom. The van der Waals surface area contributed by atoms with Gasteiger partial charge < -0.3 is 9.47 Å². The first-order chi connectivity index (χ1) is 9.69. The van der Waals surface area contributed by atoms with Crippen LogP contribution in [0.15, 0.2) is 46.9 Å². The van der Waals surface area contributed by atoms with Gasteiger partial charge in [-0.2, -0.15) is 5.26 Å². The summed E-state index contributed by atoms with van der Waals surface area (Å²) >= 11 is 9.23. The lowest BCUT2D eigenvalue weighted by atomic mass is 10.2. The van der Waals surface area contributed by atoms with Crippen LogP contribution in [0.1, 0.15) is 5.56 Å². The Balaban J connectivity index is 1.80. The predicted molar refractivity (Wildman–Crippen MR) is 81.3 cm³/mol. The fourth-order valence-electron chi connectivity index (χ4n) is 1.53. The maximum atomic E-state index is 8.69. The molecule has 0 aromatic heterocycles. The van der Waals surface area contributed by atoms with Gasteiger partial charge in [-0.15, -0.1) is 0 Å². The number of nitriles is 1. The highest BCUT2D eigenvalue weighted by atomic mass is 79.9. The molecule has 3 nitrogen and oxygen atoms in total. The summed E-state index contributed by atoms with van der Waals surface area (Å²) in [6, 6.07) is 14.4. The monoisotopic (exact) mass is 351 g/mol. The summed E-state index contributed by atoms with van der Waals surface area (Å²) in [4.78, 5) is 0. The molecule has 5 heteroatoms. The molecule has 2 aromatic rings. The number of halogens is 2. The molecular weight excluding hydrogens is 342 g/mol. The first-order valence-corrected chi connectivity index (χ1v) is 7.07. The molecule has 0 heterocycles. The van der Waals surface area contributed by atoms with E-state index in [0.717, 1.165) is 10.2 Å². The number of benzene rings is 2. The summed E-state index contributed by atoms with van der Waals surface area (Å²) < 4.78 is 11.9. The molecule has 0 aliphatic heterocycles. The van der Waals surface area contributed by atoms with Crippen LogP contribution in [0.5, 0.6) is 11.5 Å². The van der Waals surface area contributed by atoms with Crippen molar-refractivity contribution in [3.8, 4) is 17.6 Å². The van der Waals surface area contributed by atoms with E-state index in [1.165, 1.54) is 0 Å². The summed E-state index contributed by atoms with van der Waals surface area (Å²) in [7, 11) is 0. The van der Waals surface area contributed by atoms with E-state index < -0.39 is 0 Å². The summed E-state index contributed by atoms with van der Waals surface area (Å²) in [6.45, 7) is 0.835. The van der Waals surface area contributed by atoms with Crippen molar-refractivity contribution in [3.63, 3.8) is 0 Å². The number of rotatable bonds is 5. The Kier molecular flexibility index (Phi) is 5.28. The summed E-state index contributed by atoms with van der Waals surface area (Å²) in [6.07, 6.45) is 0. The van der Waals surface area contributed by atoms with Gasteiger partial charge in [-0.25, -0.2) is 0 Å². The summed E-state index contributed by atoms with van der Waals surface area (Å²) in [5.74, 6) is 1.43. The minimum absolute atomic E-state index is 0.417. The third-order valence-corrected chi connectivity index (χ3v) is 3.34. The van der Waals surface area contributed by atoms with Crippen molar-refractivity contribution in [2.75, 3.05) is 13.2 Å². The van der Waals surface area contributed by atoms with Crippen LogP contribution in [0.2, 0.25) is 5.02 Å². The van der Waals surface area contributed by atoms with E-state index in [-0.39, 0.29) is 0 Å². The van der Waals surface area contributed by atoms with Gasteiger partial charge in [-0.05, 0) is 58.4 Å². The molecule has 0 bridgehead atoms. The van der Waals surface area contributed by atoms with E-state index in [9.17, 15) is 0 Å². The summed E-state index contributed by atoms with van der Waals surface area (Å²) in [5, 5.41) is 9.34. The van der Waals surface area contributed by atoms with Gasteiger partial charge in [0, 0.05) is 5.02 Å². The lowest BCUT2D eigenvalue weighted by Gasteiger charge is -2.09. The Morgan fingerprint density at radius 3 is 2.40 bits per heavy atom. The number of nitrogens with zero attached hydrogens (tertiary/aromatic N) is 1. The molecule has 0 aliphatic rings. The SMILES string of the molecule is N#Cc1ccc(OCCOc2ccc(Cl)cc2Br)cc1. The third-order valence-electron chi connectivity index (χ3n) is 2.49. The van der Waals surface area contributed by atoms with Gasteiger partial charge in [-0.3, -0.25) is 0 Å². The van der Waals surface area contributed by atoms with E-state index in [4.69, 9.17) is 26.3 Å². The maximum Gasteiger partial charge on any atom is 0.133 e. The van der Waals surface area contributed by atoms with Gasteiger partial charge in [0.05, 0.1) is 16.1 Å². The molecule has 0 spiro atoms. The van der Waals surface area contributed by atoms with Gasteiger partial charge in [-0.1, -0.05) is 11.6 Å². The van der Waals surface area contributed by atoms with Crippen LogP contribution < -0.4 is 9.47 Å². The Morgan fingerprint density at radius 1 is 1.05 bits per heavy atom. The Bertz CT molecular complexity index is 623. The third kappa shape index (κ3) is 4.16. The largest absolute Gasteiger partial charge is 0.490 e. The normalized spacial score (nSPS) is 9.85. The quantitative estimate of drug-likeness (QED) is 0.747. The topological polar surface area (TPSA) is 42.2 Å². The van der Waals surface area contributed by atoms with Crippen molar-refractivity contribution in [2.24, 2.45) is 0 Å². The lowest BCUT2D eigenvalue weighted by molar-refractivity contribution is 0.216. The predicted octanol–water partition coefficient (Wildman–Crippen LogP) is 4.43. The zero-order valence-corrected chi connectivity index (χ0v) is 12.8. The minimum atomic E-state index is 0.417. The van der Waals surface area contributed by atoms with Crippen molar-refractivity contribution < 1.29 is 9.47 Å². The second-order valence-corrected chi connectivity index (χ2v) is 5.20. The number of hydrogen-bond acceptors (Lipinski definition) is 3. The van der Waals surface area contributed by atoms with Crippen molar-refractivity contribution in [3.05, 3.63) is 57.5 Å². The molecule has 0 saturated heterocycles. The molecule has 0 unspecified atom stereocenters. The lowest BCUT2D eigenvalue weighted by Crippen LogP contribution is -2.09. The standard InChI is InChI=1S/C15H11BrClNO2/c16-14-9-12(17)3-6-15(14)20-8-7-19-13-4-1-11(10-18)2-5-13/h1-6,9H,7-8H2. The second-order valence-electron chi connectivity index (χ2n) is 3.91. The molecule has 0 radical (unpaired) electrons. The van der Waals surface area contributed by atoms with Gasteiger partial charge >= 0.3 is 0 Å². The van der Waals surface area contributed by atoms with E-state index in [1.54, 1.807) is 42.5 Å². The van der Waals surface area contributed by atoms with Crippen molar-refractivity contribution >= 4 is 27.5 Å². The molecule has 0 amide bonds.